The van der Waals surface area contributed by atoms with Gasteiger partial charge in [-0.3, -0.25) is 10.2 Å². The Morgan fingerprint density at radius 3 is 2.81 bits per heavy atom. The van der Waals surface area contributed by atoms with E-state index in [1.165, 1.54) is 10.9 Å². The number of rotatable bonds is 3. The predicted molar refractivity (Wildman–Crippen MR) is 80.9 cm³/mol. The van der Waals surface area contributed by atoms with Crippen molar-refractivity contribution < 1.29 is 9.21 Å². The van der Waals surface area contributed by atoms with Gasteiger partial charge >= 0.3 is 5.91 Å². The number of hydrogen-bond acceptors (Lipinski definition) is 3. The Bertz CT molecular complexity index is 814. The van der Waals surface area contributed by atoms with Crippen LogP contribution in [-0.2, 0) is 6.54 Å². The number of benzene rings is 1. The molecule has 0 fully saturated rings. The number of amides is 1. The smallest absolute Gasteiger partial charge is 0.301 e. The number of nitrogens with two attached hydrogens (primary N) is 1. The highest BCUT2D eigenvalue weighted by Crippen LogP contribution is 2.23. The number of nitrogens with one attached hydrogen (secondary N) is 1. The lowest BCUT2D eigenvalue weighted by atomic mass is 10.2. The quantitative estimate of drug-likeness (QED) is 0.440. The maximum atomic E-state index is 11.6. The number of aryl methyl sites for hydroxylation is 2. The molecule has 2 heterocycles. The molecular weight excluding hydrogens is 266 g/mol. The van der Waals surface area contributed by atoms with Crippen LogP contribution in [0.25, 0.3) is 10.9 Å². The van der Waals surface area contributed by atoms with E-state index in [4.69, 9.17) is 10.3 Å². The van der Waals surface area contributed by atoms with Crippen molar-refractivity contribution in [2.75, 3.05) is 0 Å². The number of fused-ring (bicyclic) bond motifs is 1. The highest BCUT2D eigenvalue weighted by molar-refractivity contribution is 5.92. The lowest BCUT2D eigenvalue weighted by molar-refractivity contribution is 0.0923. The minimum atomic E-state index is -0.410. The Labute approximate surface area is 122 Å². The molecule has 5 nitrogen and oxygen atoms in total. The Morgan fingerprint density at radius 1 is 1.29 bits per heavy atom. The van der Waals surface area contributed by atoms with Crippen molar-refractivity contribution in [1.29, 1.82) is 0 Å². The fourth-order valence-electron chi connectivity index (χ4n) is 2.65. The summed E-state index contributed by atoms with van der Waals surface area (Å²) in [5, 5.41) is 1.22. The molecule has 0 spiro atoms. The third-order valence-electron chi connectivity index (χ3n) is 3.62. The first-order valence-electron chi connectivity index (χ1n) is 6.75. The number of hydrazine groups is 1. The second-order valence-corrected chi connectivity index (χ2v) is 5.16. The number of aromatic nitrogens is 1. The summed E-state index contributed by atoms with van der Waals surface area (Å²) in [6.07, 6.45) is 2.09. The third kappa shape index (κ3) is 2.32. The molecule has 0 aliphatic carbocycles. The van der Waals surface area contributed by atoms with Crippen LogP contribution in [0.5, 0.6) is 0 Å². The molecule has 3 aromatic rings. The Hall–Kier alpha value is -2.53. The minimum absolute atomic E-state index is 0.265. The number of carbonyl (C=O) groups is 1. The van der Waals surface area contributed by atoms with Crippen molar-refractivity contribution in [1.82, 2.24) is 9.99 Å². The van der Waals surface area contributed by atoms with E-state index in [0.29, 0.717) is 6.54 Å². The highest BCUT2D eigenvalue weighted by Gasteiger charge is 2.15. The van der Waals surface area contributed by atoms with Gasteiger partial charge in [-0.1, -0.05) is 18.2 Å². The van der Waals surface area contributed by atoms with E-state index in [-0.39, 0.29) is 5.76 Å². The van der Waals surface area contributed by atoms with E-state index >= 15 is 0 Å². The van der Waals surface area contributed by atoms with Crippen molar-refractivity contribution >= 4 is 16.8 Å². The van der Waals surface area contributed by atoms with Crippen LogP contribution in [0.3, 0.4) is 0 Å². The molecule has 0 saturated heterocycles. The van der Waals surface area contributed by atoms with Crippen molar-refractivity contribution in [3.63, 3.8) is 0 Å². The third-order valence-corrected chi connectivity index (χ3v) is 3.62. The van der Waals surface area contributed by atoms with E-state index in [2.05, 4.69) is 35.2 Å². The molecule has 0 atom stereocenters. The molecule has 1 amide bonds. The molecule has 3 N–H and O–H groups in total. The summed E-state index contributed by atoms with van der Waals surface area (Å²) in [6, 6.07) is 10.1. The molecular formula is C16H17N3O2. The molecule has 0 saturated carbocycles. The number of hydrogen-bond donors (Lipinski definition) is 2. The summed E-state index contributed by atoms with van der Waals surface area (Å²) in [6.45, 7) is 4.49. The highest BCUT2D eigenvalue weighted by atomic mass is 16.4. The summed E-state index contributed by atoms with van der Waals surface area (Å²) in [4.78, 5) is 11.6. The van der Waals surface area contributed by atoms with Crippen LogP contribution in [-0.4, -0.2) is 10.5 Å². The zero-order valence-electron chi connectivity index (χ0n) is 12.0. The number of para-hydroxylation sites is 1. The maximum Gasteiger partial charge on any atom is 0.301 e. The molecule has 0 radical (unpaired) electrons. The maximum absolute atomic E-state index is 11.6. The number of carbonyl (C=O) groups excluding carboxylic acids is 1. The standard InChI is InChI=1S/C16H17N3O2/c1-10-7-12(21-15(10)16(20)18-17)9-19-8-11(2)13-5-3-4-6-14(13)19/h3-8H,9,17H2,1-2H3,(H,18,20). The Kier molecular flexibility index (Phi) is 3.27. The summed E-state index contributed by atoms with van der Waals surface area (Å²) < 4.78 is 7.73. The Balaban J connectivity index is 1.98. The summed E-state index contributed by atoms with van der Waals surface area (Å²) in [5.41, 5.74) is 5.24. The summed E-state index contributed by atoms with van der Waals surface area (Å²) >= 11 is 0. The van der Waals surface area contributed by atoms with E-state index in [0.717, 1.165) is 16.8 Å². The topological polar surface area (TPSA) is 73.2 Å². The van der Waals surface area contributed by atoms with Gasteiger partial charge in [-0.2, -0.15) is 0 Å². The molecule has 3 rings (SSSR count). The first-order chi connectivity index (χ1) is 10.1. The zero-order chi connectivity index (χ0) is 15.0. The monoisotopic (exact) mass is 283 g/mol. The van der Waals surface area contributed by atoms with Crippen molar-refractivity contribution in [2.24, 2.45) is 5.84 Å². The second kappa shape index (κ2) is 5.10. The van der Waals surface area contributed by atoms with Crippen LogP contribution in [0.2, 0.25) is 0 Å². The van der Waals surface area contributed by atoms with Crippen LogP contribution in [0.4, 0.5) is 0 Å². The number of furan rings is 1. The molecule has 0 bridgehead atoms. The average Bonchev–Trinajstić information content (AvgIpc) is 3.00. The van der Waals surface area contributed by atoms with E-state index < -0.39 is 5.91 Å². The molecule has 0 aliphatic rings. The molecule has 0 unspecified atom stereocenters. The summed E-state index contributed by atoms with van der Waals surface area (Å²) in [5.74, 6) is 5.73. The first kappa shape index (κ1) is 13.5. The summed E-state index contributed by atoms with van der Waals surface area (Å²) in [7, 11) is 0. The van der Waals surface area contributed by atoms with Crippen LogP contribution in [0.1, 0.15) is 27.4 Å². The average molecular weight is 283 g/mol. The van der Waals surface area contributed by atoms with Crippen molar-refractivity contribution in [3.05, 3.63) is 59.2 Å². The van der Waals surface area contributed by atoms with Gasteiger partial charge in [0.05, 0.1) is 6.54 Å². The van der Waals surface area contributed by atoms with Gasteiger partial charge in [0, 0.05) is 22.7 Å². The molecule has 2 aromatic heterocycles. The van der Waals surface area contributed by atoms with Crippen molar-refractivity contribution in [3.8, 4) is 0 Å². The van der Waals surface area contributed by atoms with Gasteiger partial charge in [-0.15, -0.1) is 0 Å². The van der Waals surface area contributed by atoms with Gasteiger partial charge < -0.3 is 8.98 Å². The van der Waals surface area contributed by atoms with Crippen LogP contribution < -0.4 is 11.3 Å². The van der Waals surface area contributed by atoms with Crippen LogP contribution >= 0.6 is 0 Å². The lowest BCUT2D eigenvalue weighted by Crippen LogP contribution is -2.30. The van der Waals surface area contributed by atoms with Crippen LogP contribution in [0.15, 0.2) is 40.9 Å². The molecule has 0 aliphatic heterocycles. The largest absolute Gasteiger partial charge is 0.454 e. The van der Waals surface area contributed by atoms with E-state index in [9.17, 15) is 4.79 Å². The minimum Gasteiger partial charge on any atom is -0.454 e. The van der Waals surface area contributed by atoms with Crippen LogP contribution in [0, 0.1) is 13.8 Å². The predicted octanol–water partition coefficient (Wildman–Crippen LogP) is 2.50. The first-order valence-corrected chi connectivity index (χ1v) is 6.75. The van der Waals surface area contributed by atoms with Gasteiger partial charge in [-0.25, -0.2) is 5.84 Å². The fourth-order valence-corrected chi connectivity index (χ4v) is 2.65. The van der Waals surface area contributed by atoms with Gasteiger partial charge in [0.2, 0.25) is 0 Å². The SMILES string of the molecule is Cc1cc(Cn2cc(C)c3ccccc32)oc1C(=O)NN. The zero-order valence-corrected chi connectivity index (χ0v) is 12.0. The normalized spacial score (nSPS) is 11.0. The van der Waals surface area contributed by atoms with Gasteiger partial charge in [0.1, 0.15) is 5.76 Å². The van der Waals surface area contributed by atoms with Gasteiger partial charge in [-0.05, 0) is 31.5 Å². The van der Waals surface area contributed by atoms with E-state index in [1.807, 2.05) is 25.1 Å². The van der Waals surface area contributed by atoms with E-state index in [1.54, 1.807) is 0 Å². The fraction of sp³-hybridized carbons (Fsp3) is 0.188. The number of nitrogen functional groups attached to an aromatic ring is 1. The number of nitrogens with zero attached hydrogens (tertiary/aromatic N) is 1. The molecule has 1 aromatic carbocycles. The molecule has 5 heteroatoms. The van der Waals surface area contributed by atoms with Gasteiger partial charge in [0.15, 0.2) is 5.76 Å². The second-order valence-electron chi connectivity index (χ2n) is 5.16. The Morgan fingerprint density at radius 2 is 2.05 bits per heavy atom. The van der Waals surface area contributed by atoms with Crippen molar-refractivity contribution in [2.45, 2.75) is 20.4 Å². The molecule has 108 valence electrons. The molecule has 21 heavy (non-hydrogen) atoms. The van der Waals surface area contributed by atoms with Gasteiger partial charge in [0.25, 0.3) is 0 Å². The lowest BCUT2D eigenvalue weighted by Gasteiger charge is -2.02.